The molecule has 0 unspecified atom stereocenters. The molecular weight excluding hydrogens is 456 g/mol. The number of carboxylic acid groups (broad SMARTS) is 1. The smallest absolute Gasteiger partial charge is 0.326 e. The second-order valence-corrected chi connectivity index (χ2v) is 12.4. The zero-order valence-corrected chi connectivity index (χ0v) is 22.6. The molecule has 3 fully saturated rings. The summed E-state index contributed by atoms with van der Waals surface area (Å²) >= 11 is 0. The molecule has 4 rings (SSSR count). The van der Waals surface area contributed by atoms with E-state index in [2.05, 4.69) is 30.4 Å². The Bertz CT molecular complexity index is 957. The number of Topliss-reactive ketones (excluding diaryl/α,β-unsaturated/α-hetero) is 1. The van der Waals surface area contributed by atoms with Gasteiger partial charge in [0.05, 0.1) is 5.71 Å². The van der Waals surface area contributed by atoms with E-state index >= 15 is 0 Å². The number of nitrogens with one attached hydrogen (secondary N) is 1. The molecule has 2 N–H and O–H groups in total. The second kappa shape index (κ2) is 10.3. The highest BCUT2D eigenvalue weighted by atomic mass is 16.6. The number of hydrogen-bond acceptors (Lipinski definition) is 5. The lowest BCUT2D eigenvalue weighted by Gasteiger charge is -2.58. The Morgan fingerprint density at radius 2 is 1.89 bits per heavy atom. The predicted octanol–water partition coefficient (Wildman–Crippen LogP) is 5.14. The van der Waals surface area contributed by atoms with Crippen LogP contribution in [0.1, 0.15) is 92.4 Å². The van der Waals surface area contributed by atoms with Gasteiger partial charge in [-0.15, -0.1) is 0 Å². The van der Waals surface area contributed by atoms with Crippen molar-refractivity contribution in [3.8, 4) is 0 Å². The van der Waals surface area contributed by atoms with Crippen molar-refractivity contribution in [2.45, 2.75) is 98.4 Å². The maximum absolute atomic E-state index is 12.4. The minimum atomic E-state index is -1.03. The standard InChI is InChI=1S/C29H44N2O5/c1-6-17(2)26(27(34)35)30-25(33)16-36-31-20-11-13-28(4)19(15-20)7-8-21-23-10-9-22(18(3)32)29(23,5)14-12-24(21)28/h15,17,21-24,26H,6-14,16H2,1-5H3,(H,30,33)(H,34,35)/t17-,21-,22+,23-,24-,26+,28-,29+/m0/s1. The first-order valence-electron chi connectivity index (χ1n) is 13.9. The van der Waals surface area contributed by atoms with Crippen LogP contribution >= 0.6 is 0 Å². The fourth-order valence-electron chi connectivity index (χ4n) is 8.38. The molecule has 36 heavy (non-hydrogen) atoms. The van der Waals surface area contributed by atoms with Crippen molar-refractivity contribution in [1.82, 2.24) is 5.32 Å². The number of nitrogens with zero attached hydrogens (tertiary/aromatic N) is 1. The molecule has 0 radical (unpaired) electrons. The van der Waals surface area contributed by atoms with Gasteiger partial charge in [-0.05, 0) is 98.9 Å². The van der Waals surface area contributed by atoms with Crippen molar-refractivity contribution < 1.29 is 24.3 Å². The highest BCUT2D eigenvalue weighted by Gasteiger charge is 2.59. The van der Waals surface area contributed by atoms with E-state index < -0.39 is 17.9 Å². The monoisotopic (exact) mass is 500 g/mol. The molecule has 7 nitrogen and oxygen atoms in total. The average molecular weight is 501 g/mol. The SMILES string of the molecule is CC[C@H](C)[C@@H](NC(=O)CON=C1C=C2CC[C@H]3[C@@H]4CC[C@H](C(C)=O)[C@@]4(C)CC[C@@H]3[C@@]2(C)CC1)C(=O)O. The Kier molecular flexibility index (Phi) is 7.68. The zero-order chi connectivity index (χ0) is 26.3. The van der Waals surface area contributed by atoms with E-state index in [0.717, 1.165) is 37.8 Å². The van der Waals surface area contributed by atoms with Crippen LogP contribution in [-0.4, -0.2) is 41.1 Å². The third-order valence-electron chi connectivity index (χ3n) is 10.6. The first-order chi connectivity index (χ1) is 17.0. The molecule has 8 atom stereocenters. The summed E-state index contributed by atoms with van der Waals surface area (Å²) in [4.78, 5) is 41.4. The molecule has 0 aromatic rings. The molecule has 0 aromatic heterocycles. The van der Waals surface area contributed by atoms with Crippen molar-refractivity contribution in [3.05, 3.63) is 11.6 Å². The molecule has 0 aliphatic heterocycles. The molecule has 0 saturated heterocycles. The normalized spacial score (nSPS) is 38.1. The summed E-state index contributed by atoms with van der Waals surface area (Å²) < 4.78 is 0. The van der Waals surface area contributed by atoms with Crippen LogP contribution in [0.4, 0.5) is 0 Å². The number of fused-ring (bicyclic) bond motifs is 5. The molecule has 0 bridgehead atoms. The van der Waals surface area contributed by atoms with Gasteiger partial charge in [0, 0.05) is 5.92 Å². The molecule has 3 saturated carbocycles. The van der Waals surface area contributed by atoms with Crippen LogP contribution in [0.3, 0.4) is 0 Å². The van der Waals surface area contributed by atoms with Crippen LogP contribution in [0.2, 0.25) is 0 Å². The number of carboxylic acids is 1. The summed E-state index contributed by atoms with van der Waals surface area (Å²) in [5.41, 5.74) is 2.66. The Morgan fingerprint density at radius 3 is 2.56 bits per heavy atom. The Labute approximate surface area is 215 Å². The molecule has 1 amide bonds. The minimum absolute atomic E-state index is 0.163. The summed E-state index contributed by atoms with van der Waals surface area (Å²) in [7, 11) is 0. The van der Waals surface area contributed by atoms with Crippen molar-refractivity contribution in [1.29, 1.82) is 0 Å². The lowest BCUT2D eigenvalue weighted by atomic mass is 9.46. The number of aliphatic carboxylic acids is 1. The Morgan fingerprint density at radius 1 is 1.14 bits per heavy atom. The van der Waals surface area contributed by atoms with E-state index in [1.165, 1.54) is 24.8 Å². The maximum atomic E-state index is 12.4. The van der Waals surface area contributed by atoms with Gasteiger partial charge in [-0.1, -0.05) is 44.8 Å². The van der Waals surface area contributed by atoms with Gasteiger partial charge in [0.1, 0.15) is 11.8 Å². The lowest BCUT2D eigenvalue weighted by Crippen LogP contribution is -2.51. The lowest BCUT2D eigenvalue weighted by molar-refractivity contribution is -0.144. The summed E-state index contributed by atoms with van der Waals surface area (Å²) in [5, 5.41) is 16.2. The molecule has 200 valence electrons. The van der Waals surface area contributed by atoms with Crippen LogP contribution in [0.15, 0.2) is 16.8 Å². The molecular formula is C29H44N2O5. The third-order valence-corrected chi connectivity index (χ3v) is 10.6. The number of ketones is 1. The summed E-state index contributed by atoms with van der Waals surface area (Å²) in [6.45, 7) is 10.0. The quantitative estimate of drug-likeness (QED) is 0.449. The molecule has 4 aliphatic rings. The Balaban J connectivity index is 1.39. The van der Waals surface area contributed by atoms with E-state index in [-0.39, 0.29) is 29.3 Å². The van der Waals surface area contributed by atoms with Crippen molar-refractivity contribution in [3.63, 3.8) is 0 Å². The fourth-order valence-corrected chi connectivity index (χ4v) is 8.38. The maximum Gasteiger partial charge on any atom is 0.326 e. The van der Waals surface area contributed by atoms with E-state index in [1.54, 1.807) is 13.8 Å². The second-order valence-electron chi connectivity index (χ2n) is 12.4. The molecule has 7 heteroatoms. The minimum Gasteiger partial charge on any atom is -0.480 e. The number of rotatable bonds is 8. The average Bonchev–Trinajstić information content (AvgIpc) is 3.19. The van der Waals surface area contributed by atoms with Gasteiger partial charge in [0.15, 0.2) is 6.61 Å². The summed E-state index contributed by atoms with van der Waals surface area (Å²) in [6.07, 6.45) is 11.5. The highest BCUT2D eigenvalue weighted by Crippen LogP contribution is 2.66. The number of oxime groups is 1. The zero-order valence-electron chi connectivity index (χ0n) is 22.6. The van der Waals surface area contributed by atoms with Crippen LogP contribution in [0.25, 0.3) is 0 Å². The van der Waals surface area contributed by atoms with E-state index in [0.29, 0.717) is 30.0 Å². The van der Waals surface area contributed by atoms with Crippen molar-refractivity contribution in [2.75, 3.05) is 6.61 Å². The van der Waals surface area contributed by atoms with Gasteiger partial charge in [-0.2, -0.15) is 0 Å². The van der Waals surface area contributed by atoms with Gasteiger partial charge in [0.2, 0.25) is 0 Å². The van der Waals surface area contributed by atoms with Crippen LogP contribution in [-0.2, 0) is 19.2 Å². The molecule has 0 heterocycles. The third kappa shape index (κ3) is 4.74. The van der Waals surface area contributed by atoms with E-state index in [9.17, 15) is 19.5 Å². The number of amides is 1. The van der Waals surface area contributed by atoms with E-state index in [1.807, 2.05) is 6.92 Å². The largest absolute Gasteiger partial charge is 0.480 e. The van der Waals surface area contributed by atoms with Crippen LogP contribution < -0.4 is 5.32 Å². The van der Waals surface area contributed by atoms with Crippen molar-refractivity contribution >= 4 is 23.4 Å². The van der Waals surface area contributed by atoms with Gasteiger partial charge >= 0.3 is 5.97 Å². The van der Waals surface area contributed by atoms with Gasteiger partial charge in [0.25, 0.3) is 5.91 Å². The number of carbonyl (C=O) groups excluding carboxylic acids is 2. The summed E-state index contributed by atoms with van der Waals surface area (Å²) in [6, 6.07) is -0.922. The van der Waals surface area contributed by atoms with Crippen LogP contribution in [0, 0.1) is 40.4 Å². The van der Waals surface area contributed by atoms with Gasteiger partial charge in [-0.25, -0.2) is 4.79 Å². The topological polar surface area (TPSA) is 105 Å². The molecule has 4 aliphatic carbocycles. The summed E-state index contributed by atoms with van der Waals surface area (Å²) in [5.74, 6) is 0.967. The first-order valence-corrected chi connectivity index (χ1v) is 13.9. The molecule has 0 aromatic carbocycles. The van der Waals surface area contributed by atoms with Gasteiger partial charge < -0.3 is 15.3 Å². The predicted molar refractivity (Wildman–Crippen MR) is 138 cm³/mol. The Hall–Kier alpha value is -2.18. The van der Waals surface area contributed by atoms with Crippen LogP contribution in [0.5, 0.6) is 0 Å². The number of carbonyl (C=O) groups is 3. The highest BCUT2D eigenvalue weighted by molar-refractivity contribution is 5.96. The van der Waals surface area contributed by atoms with Crippen molar-refractivity contribution in [2.24, 2.45) is 45.6 Å². The van der Waals surface area contributed by atoms with Gasteiger partial charge in [-0.3, -0.25) is 9.59 Å². The molecule has 0 spiro atoms. The number of allylic oxidation sites excluding steroid dienone is 2. The van der Waals surface area contributed by atoms with E-state index in [4.69, 9.17) is 4.84 Å². The first kappa shape index (κ1) is 26.9. The number of hydrogen-bond donors (Lipinski definition) is 2. The fraction of sp³-hybridized carbons (Fsp3) is 0.793.